The first-order valence-electron chi connectivity index (χ1n) is 7.61. The van der Waals surface area contributed by atoms with Gasteiger partial charge in [-0.05, 0) is 36.6 Å². The molecule has 2 heterocycles. The van der Waals surface area contributed by atoms with Gasteiger partial charge in [0.2, 0.25) is 0 Å². The molecular formula is C16H22N2O. The van der Waals surface area contributed by atoms with E-state index in [1.54, 1.807) is 5.56 Å². The number of rotatable bonds is 2. The SMILES string of the molecule is CCCN1CCO[C@H]2c3cccc4c3[C@@H](CN4)C[C@@H]21. The molecule has 0 radical (unpaired) electrons. The van der Waals surface area contributed by atoms with E-state index in [1.807, 2.05) is 0 Å². The van der Waals surface area contributed by atoms with Gasteiger partial charge in [-0.2, -0.15) is 0 Å². The maximum Gasteiger partial charge on any atom is 0.0984 e. The molecule has 2 aliphatic heterocycles. The van der Waals surface area contributed by atoms with Crippen LogP contribution in [0.15, 0.2) is 18.2 Å². The number of benzene rings is 1. The normalized spacial score (nSPS) is 32.6. The molecule has 3 nitrogen and oxygen atoms in total. The van der Waals surface area contributed by atoms with E-state index < -0.39 is 0 Å². The van der Waals surface area contributed by atoms with Gasteiger partial charge >= 0.3 is 0 Å². The minimum absolute atomic E-state index is 0.298. The van der Waals surface area contributed by atoms with Gasteiger partial charge in [0, 0.05) is 30.7 Å². The smallest absolute Gasteiger partial charge is 0.0984 e. The summed E-state index contributed by atoms with van der Waals surface area (Å²) in [6.07, 6.45) is 2.78. The van der Waals surface area contributed by atoms with Gasteiger partial charge in [-0.3, -0.25) is 4.90 Å². The van der Waals surface area contributed by atoms with Gasteiger partial charge in [0.15, 0.2) is 0 Å². The van der Waals surface area contributed by atoms with E-state index in [1.165, 1.54) is 30.6 Å². The van der Waals surface area contributed by atoms with Crippen LogP contribution in [0.2, 0.25) is 0 Å². The topological polar surface area (TPSA) is 24.5 Å². The number of hydrogen-bond donors (Lipinski definition) is 1. The molecule has 1 aromatic carbocycles. The third-order valence-electron chi connectivity index (χ3n) is 4.92. The second kappa shape index (κ2) is 4.50. The molecule has 1 N–H and O–H groups in total. The summed E-state index contributed by atoms with van der Waals surface area (Å²) in [6, 6.07) is 7.26. The molecule has 0 spiro atoms. The summed E-state index contributed by atoms with van der Waals surface area (Å²) in [6.45, 7) is 6.57. The molecule has 3 atom stereocenters. The molecule has 3 heteroatoms. The van der Waals surface area contributed by atoms with E-state index in [2.05, 4.69) is 35.3 Å². The van der Waals surface area contributed by atoms with Crippen molar-refractivity contribution in [3.05, 3.63) is 29.3 Å². The lowest BCUT2D eigenvalue weighted by molar-refractivity contribution is -0.0823. The molecule has 3 aliphatic rings. The Bertz CT molecular complexity index is 486. The zero-order valence-corrected chi connectivity index (χ0v) is 11.6. The van der Waals surface area contributed by atoms with Crippen LogP contribution in [0, 0.1) is 0 Å². The zero-order chi connectivity index (χ0) is 12.8. The first kappa shape index (κ1) is 11.7. The Labute approximate surface area is 114 Å². The van der Waals surface area contributed by atoms with E-state index in [0.29, 0.717) is 18.1 Å². The predicted octanol–water partition coefficient (Wildman–Crippen LogP) is 2.75. The Morgan fingerprint density at radius 1 is 1.42 bits per heavy atom. The van der Waals surface area contributed by atoms with Crippen LogP contribution in [0.25, 0.3) is 0 Å². The lowest BCUT2D eigenvalue weighted by Gasteiger charge is -2.46. The number of morpholine rings is 1. The lowest BCUT2D eigenvalue weighted by Crippen LogP contribution is -2.50. The first-order chi connectivity index (χ1) is 9.38. The third-order valence-corrected chi connectivity index (χ3v) is 4.92. The summed E-state index contributed by atoms with van der Waals surface area (Å²) in [7, 11) is 0. The molecule has 1 aromatic rings. The maximum absolute atomic E-state index is 6.15. The van der Waals surface area contributed by atoms with Crippen LogP contribution in [0.5, 0.6) is 0 Å². The number of hydrogen-bond acceptors (Lipinski definition) is 3. The third kappa shape index (κ3) is 1.72. The highest BCUT2D eigenvalue weighted by molar-refractivity contribution is 5.62. The van der Waals surface area contributed by atoms with Crippen molar-refractivity contribution in [1.29, 1.82) is 0 Å². The maximum atomic E-state index is 6.15. The fourth-order valence-corrected chi connectivity index (χ4v) is 4.17. The molecule has 0 unspecified atom stereocenters. The van der Waals surface area contributed by atoms with E-state index in [9.17, 15) is 0 Å². The van der Waals surface area contributed by atoms with E-state index in [4.69, 9.17) is 4.74 Å². The van der Waals surface area contributed by atoms with Crippen molar-refractivity contribution in [2.75, 3.05) is 31.6 Å². The van der Waals surface area contributed by atoms with E-state index in [-0.39, 0.29) is 0 Å². The monoisotopic (exact) mass is 258 g/mol. The van der Waals surface area contributed by atoms with Gasteiger partial charge in [0.05, 0.1) is 12.7 Å². The molecule has 1 fully saturated rings. The van der Waals surface area contributed by atoms with Crippen LogP contribution in [-0.4, -0.2) is 37.2 Å². The van der Waals surface area contributed by atoms with Crippen LogP contribution in [0.4, 0.5) is 5.69 Å². The minimum Gasteiger partial charge on any atom is -0.384 e. The van der Waals surface area contributed by atoms with Crippen molar-refractivity contribution in [3.63, 3.8) is 0 Å². The number of ether oxygens (including phenoxy) is 1. The Balaban J connectivity index is 1.74. The van der Waals surface area contributed by atoms with Gasteiger partial charge in [0.25, 0.3) is 0 Å². The second-order valence-corrected chi connectivity index (χ2v) is 6.02. The standard InChI is InChI=1S/C16H22N2O/c1-2-6-18-7-8-19-16-12-4-3-5-13-15(12)11(10-17-13)9-14(16)18/h3-5,11,14,16-17H,2,6-10H2,1H3/t11-,14+,16+/m1/s1. The first-order valence-corrected chi connectivity index (χ1v) is 7.61. The van der Waals surface area contributed by atoms with Crippen LogP contribution >= 0.6 is 0 Å². The largest absolute Gasteiger partial charge is 0.384 e. The van der Waals surface area contributed by atoms with Crippen molar-refractivity contribution >= 4 is 5.69 Å². The molecular weight excluding hydrogens is 236 g/mol. The fraction of sp³-hybridized carbons (Fsp3) is 0.625. The van der Waals surface area contributed by atoms with Gasteiger partial charge in [-0.15, -0.1) is 0 Å². The summed E-state index contributed by atoms with van der Waals surface area (Å²) in [5, 5.41) is 3.56. The predicted molar refractivity (Wildman–Crippen MR) is 76.6 cm³/mol. The van der Waals surface area contributed by atoms with Crippen LogP contribution < -0.4 is 5.32 Å². The summed E-state index contributed by atoms with van der Waals surface area (Å²) in [4.78, 5) is 2.65. The molecule has 0 aromatic heterocycles. The number of nitrogens with zero attached hydrogens (tertiary/aromatic N) is 1. The van der Waals surface area contributed by atoms with Crippen molar-refractivity contribution in [1.82, 2.24) is 4.90 Å². The van der Waals surface area contributed by atoms with Gasteiger partial charge in [0.1, 0.15) is 0 Å². The molecule has 1 aliphatic carbocycles. The quantitative estimate of drug-likeness (QED) is 0.883. The Morgan fingerprint density at radius 2 is 2.37 bits per heavy atom. The molecule has 1 saturated heterocycles. The molecule has 0 saturated carbocycles. The molecule has 0 bridgehead atoms. The minimum atomic E-state index is 0.298. The summed E-state index contributed by atoms with van der Waals surface area (Å²) < 4.78 is 6.15. The van der Waals surface area contributed by atoms with Crippen molar-refractivity contribution in [2.45, 2.75) is 37.8 Å². The number of nitrogens with one attached hydrogen (secondary N) is 1. The summed E-state index contributed by atoms with van der Waals surface area (Å²) >= 11 is 0. The van der Waals surface area contributed by atoms with Crippen LogP contribution in [-0.2, 0) is 4.74 Å². The number of anilines is 1. The average Bonchev–Trinajstić information content (AvgIpc) is 2.85. The van der Waals surface area contributed by atoms with Gasteiger partial charge in [-0.1, -0.05) is 19.1 Å². The molecule has 102 valence electrons. The molecule has 4 rings (SSSR count). The molecule has 0 amide bonds. The highest BCUT2D eigenvalue weighted by Crippen LogP contribution is 2.48. The van der Waals surface area contributed by atoms with Gasteiger partial charge in [-0.25, -0.2) is 0 Å². The number of fused-ring (bicyclic) bond motifs is 2. The highest BCUT2D eigenvalue weighted by Gasteiger charge is 2.43. The Morgan fingerprint density at radius 3 is 3.26 bits per heavy atom. The zero-order valence-electron chi connectivity index (χ0n) is 11.6. The molecule has 19 heavy (non-hydrogen) atoms. The van der Waals surface area contributed by atoms with Crippen molar-refractivity contribution in [2.24, 2.45) is 0 Å². The van der Waals surface area contributed by atoms with Crippen molar-refractivity contribution < 1.29 is 4.74 Å². The Kier molecular flexibility index (Phi) is 2.78. The second-order valence-electron chi connectivity index (χ2n) is 6.02. The van der Waals surface area contributed by atoms with E-state index >= 15 is 0 Å². The summed E-state index contributed by atoms with van der Waals surface area (Å²) in [5.74, 6) is 0.688. The lowest BCUT2D eigenvalue weighted by atomic mass is 9.78. The van der Waals surface area contributed by atoms with Crippen LogP contribution in [0.1, 0.15) is 42.9 Å². The van der Waals surface area contributed by atoms with Crippen LogP contribution in [0.3, 0.4) is 0 Å². The Hall–Kier alpha value is -1.06. The van der Waals surface area contributed by atoms with Crippen molar-refractivity contribution in [3.8, 4) is 0 Å². The van der Waals surface area contributed by atoms with E-state index in [0.717, 1.165) is 19.7 Å². The fourth-order valence-electron chi connectivity index (χ4n) is 4.17. The highest BCUT2D eigenvalue weighted by atomic mass is 16.5. The summed E-state index contributed by atoms with van der Waals surface area (Å²) in [5.41, 5.74) is 4.34. The average molecular weight is 258 g/mol. The van der Waals surface area contributed by atoms with Gasteiger partial charge < -0.3 is 10.1 Å².